The fourth-order valence-electron chi connectivity index (χ4n) is 2.19. The number of nitrogen functional groups attached to an aromatic ring is 1. The Labute approximate surface area is 143 Å². The normalized spacial score (nSPS) is 10.2. The van der Waals surface area contributed by atoms with E-state index in [0.717, 1.165) is 11.1 Å². The highest BCUT2D eigenvalue weighted by atomic mass is 35.5. The van der Waals surface area contributed by atoms with Gasteiger partial charge in [0.05, 0.1) is 17.7 Å². The number of pyridine rings is 1. The highest BCUT2D eigenvalue weighted by molar-refractivity contribution is 6.30. The summed E-state index contributed by atoms with van der Waals surface area (Å²) in [5.74, 6) is -0.658. The van der Waals surface area contributed by atoms with Crippen LogP contribution in [0.4, 0.5) is 5.82 Å². The van der Waals surface area contributed by atoms with Crippen LogP contribution in [-0.2, 0) is 24.3 Å². The lowest BCUT2D eigenvalue weighted by atomic mass is 10.1. The molecule has 1 aromatic carbocycles. The van der Waals surface area contributed by atoms with Crippen LogP contribution in [0, 0.1) is 11.3 Å². The van der Waals surface area contributed by atoms with Gasteiger partial charge in [-0.3, -0.25) is 4.79 Å². The zero-order valence-corrected chi connectivity index (χ0v) is 13.5. The van der Waals surface area contributed by atoms with Crippen molar-refractivity contribution in [1.82, 2.24) is 10.3 Å². The standard InChI is InChI=1S/C16H16ClN5O2/c17-12-2-1-9(6-18)11(3-12)8-21-15(23)5-13-16(24)10(7-19)4-14(20)22-13/h1-4,24H,5-6,8,18H2,(H2,20,22)(H,21,23). The minimum absolute atomic E-state index is 0.0226. The second kappa shape index (κ2) is 7.64. The van der Waals surface area contributed by atoms with Crippen molar-refractivity contribution in [3.05, 3.63) is 51.7 Å². The van der Waals surface area contributed by atoms with Gasteiger partial charge in [-0.2, -0.15) is 5.26 Å². The third-order valence-electron chi connectivity index (χ3n) is 3.40. The van der Waals surface area contributed by atoms with E-state index in [-0.39, 0.29) is 41.7 Å². The van der Waals surface area contributed by atoms with E-state index in [1.807, 2.05) is 0 Å². The van der Waals surface area contributed by atoms with Crippen LogP contribution in [0.1, 0.15) is 22.4 Å². The predicted octanol–water partition coefficient (Wildman–Crippen LogP) is 1.21. The molecule has 0 bridgehead atoms. The number of carbonyl (C=O) groups excluding carboxylic acids is 1. The lowest BCUT2D eigenvalue weighted by Gasteiger charge is -2.11. The third kappa shape index (κ3) is 4.13. The number of benzene rings is 1. The van der Waals surface area contributed by atoms with Gasteiger partial charge in [0.25, 0.3) is 0 Å². The van der Waals surface area contributed by atoms with E-state index < -0.39 is 0 Å². The van der Waals surface area contributed by atoms with Gasteiger partial charge in [-0.05, 0) is 23.3 Å². The number of aromatic hydroxyl groups is 1. The third-order valence-corrected chi connectivity index (χ3v) is 3.63. The number of carbonyl (C=O) groups is 1. The molecule has 0 aliphatic rings. The van der Waals surface area contributed by atoms with Gasteiger partial charge in [0.15, 0.2) is 5.75 Å². The van der Waals surface area contributed by atoms with Crippen LogP contribution < -0.4 is 16.8 Å². The number of nitrogens with two attached hydrogens (primary N) is 2. The Morgan fingerprint density at radius 2 is 2.12 bits per heavy atom. The smallest absolute Gasteiger partial charge is 0.226 e. The highest BCUT2D eigenvalue weighted by Gasteiger charge is 2.14. The van der Waals surface area contributed by atoms with Crippen molar-refractivity contribution in [3.63, 3.8) is 0 Å². The van der Waals surface area contributed by atoms with Gasteiger partial charge in [0.2, 0.25) is 5.91 Å². The van der Waals surface area contributed by atoms with Crippen molar-refractivity contribution in [2.75, 3.05) is 5.73 Å². The van der Waals surface area contributed by atoms with Gasteiger partial charge >= 0.3 is 0 Å². The molecule has 0 unspecified atom stereocenters. The first-order chi connectivity index (χ1) is 11.4. The lowest BCUT2D eigenvalue weighted by Crippen LogP contribution is -2.26. The molecule has 1 heterocycles. The second-order valence-electron chi connectivity index (χ2n) is 5.07. The molecular formula is C16H16ClN5O2. The van der Waals surface area contributed by atoms with Crippen molar-refractivity contribution in [1.29, 1.82) is 5.26 Å². The highest BCUT2D eigenvalue weighted by Crippen LogP contribution is 2.22. The Balaban J connectivity index is 2.09. The summed E-state index contributed by atoms with van der Waals surface area (Å²) in [5, 5.41) is 22.1. The molecule has 0 fully saturated rings. The van der Waals surface area contributed by atoms with Gasteiger partial charge in [0, 0.05) is 24.2 Å². The maximum atomic E-state index is 12.1. The molecule has 0 spiro atoms. The van der Waals surface area contributed by atoms with Gasteiger partial charge < -0.3 is 21.9 Å². The van der Waals surface area contributed by atoms with Crippen LogP contribution in [0.25, 0.3) is 0 Å². The summed E-state index contributed by atoms with van der Waals surface area (Å²) < 4.78 is 0. The van der Waals surface area contributed by atoms with E-state index in [9.17, 15) is 9.90 Å². The number of rotatable bonds is 5. The zero-order chi connectivity index (χ0) is 17.7. The molecule has 1 aromatic heterocycles. The number of halogens is 1. The van der Waals surface area contributed by atoms with E-state index in [1.165, 1.54) is 6.07 Å². The van der Waals surface area contributed by atoms with Crippen LogP contribution in [-0.4, -0.2) is 16.0 Å². The summed E-state index contributed by atoms with van der Waals surface area (Å²) in [6.45, 7) is 0.561. The molecule has 0 aliphatic carbocycles. The number of nitrogens with zero attached hydrogens (tertiary/aromatic N) is 2. The fraction of sp³-hybridized carbons (Fsp3) is 0.188. The first-order valence-electron chi connectivity index (χ1n) is 7.07. The van der Waals surface area contributed by atoms with Crippen molar-refractivity contribution in [2.45, 2.75) is 19.5 Å². The fourth-order valence-corrected chi connectivity index (χ4v) is 2.38. The average Bonchev–Trinajstić information content (AvgIpc) is 2.56. The zero-order valence-electron chi connectivity index (χ0n) is 12.7. The molecule has 0 saturated carbocycles. The summed E-state index contributed by atoms with van der Waals surface area (Å²) >= 11 is 5.95. The van der Waals surface area contributed by atoms with E-state index in [0.29, 0.717) is 11.6 Å². The van der Waals surface area contributed by atoms with E-state index in [1.54, 1.807) is 24.3 Å². The molecule has 24 heavy (non-hydrogen) atoms. The molecule has 1 amide bonds. The first-order valence-corrected chi connectivity index (χ1v) is 7.45. The summed E-state index contributed by atoms with van der Waals surface area (Å²) in [5.41, 5.74) is 12.9. The first kappa shape index (κ1) is 17.5. The number of nitrogens with one attached hydrogen (secondary N) is 1. The number of hydrogen-bond acceptors (Lipinski definition) is 6. The van der Waals surface area contributed by atoms with Gasteiger partial charge in [-0.25, -0.2) is 4.98 Å². The SMILES string of the molecule is N#Cc1cc(N)nc(CC(=O)NCc2cc(Cl)ccc2CN)c1O. The van der Waals surface area contributed by atoms with Gasteiger partial charge in [0.1, 0.15) is 11.9 Å². The summed E-state index contributed by atoms with van der Waals surface area (Å²) in [4.78, 5) is 16.0. The molecule has 8 heteroatoms. The molecule has 2 rings (SSSR count). The van der Waals surface area contributed by atoms with E-state index >= 15 is 0 Å². The largest absolute Gasteiger partial charge is 0.505 e. The van der Waals surface area contributed by atoms with E-state index in [2.05, 4.69) is 10.3 Å². The molecular weight excluding hydrogens is 330 g/mol. The number of hydrogen-bond donors (Lipinski definition) is 4. The Morgan fingerprint density at radius 3 is 2.79 bits per heavy atom. The van der Waals surface area contributed by atoms with Crippen LogP contribution >= 0.6 is 11.6 Å². The Hall–Kier alpha value is -2.82. The number of nitriles is 1. The van der Waals surface area contributed by atoms with Crippen LogP contribution in [0.5, 0.6) is 5.75 Å². The predicted molar refractivity (Wildman–Crippen MR) is 89.9 cm³/mol. The van der Waals surface area contributed by atoms with Crippen LogP contribution in [0.3, 0.4) is 0 Å². The summed E-state index contributed by atoms with van der Waals surface area (Å²) in [6.07, 6.45) is -0.204. The summed E-state index contributed by atoms with van der Waals surface area (Å²) in [6, 6.07) is 8.30. The van der Waals surface area contributed by atoms with Crippen LogP contribution in [0.15, 0.2) is 24.3 Å². The molecule has 0 radical (unpaired) electrons. The molecule has 0 atom stereocenters. The Morgan fingerprint density at radius 1 is 1.38 bits per heavy atom. The topological polar surface area (TPSA) is 138 Å². The van der Waals surface area contributed by atoms with Crippen molar-refractivity contribution < 1.29 is 9.90 Å². The molecule has 0 aliphatic heterocycles. The quantitative estimate of drug-likeness (QED) is 0.642. The van der Waals surface area contributed by atoms with Crippen molar-refractivity contribution in [2.24, 2.45) is 5.73 Å². The molecule has 2 aromatic rings. The van der Waals surface area contributed by atoms with E-state index in [4.69, 9.17) is 28.3 Å². The monoisotopic (exact) mass is 345 g/mol. The molecule has 0 saturated heterocycles. The maximum absolute atomic E-state index is 12.1. The van der Waals surface area contributed by atoms with Crippen LogP contribution in [0.2, 0.25) is 5.02 Å². The number of amides is 1. The molecule has 7 nitrogen and oxygen atoms in total. The Kier molecular flexibility index (Phi) is 5.58. The van der Waals surface area contributed by atoms with Gasteiger partial charge in [-0.1, -0.05) is 17.7 Å². The van der Waals surface area contributed by atoms with Crippen molar-refractivity contribution >= 4 is 23.3 Å². The Bertz CT molecular complexity index is 817. The molecule has 124 valence electrons. The number of anilines is 1. The van der Waals surface area contributed by atoms with Crippen molar-refractivity contribution in [3.8, 4) is 11.8 Å². The lowest BCUT2D eigenvalue weighted by molar-refractivity contribution is -0.120. The average molecular weight is 346 g/mol. The molecule has 6 N–H and O–H groups in total. The minimum atomic E-state index is -0.379. The minimum Gasteiger partial charge on any atom is -0.505 e. The second-order valence-corrected chi connectivity index (χ2v) is 5.51. The van der Waals surface area contributed by atoms with Gasteiger partial charge in [-0.15, -0.1) is 0 Å². The summed E-state index contributed by atoms with van der Waals surface area (Å²) in [7, 11) is 0. The number of aromatic nitrogens is 1. The maximum Gasteiger partial charge on any atom is 0.226 e.